The third kappa shape index (κ3) is 3.22. The van der Waals surface area contributed by atoms with E-state index < -0.39 is 25.5 Å². The Morgan fingerprint density at radius 1 is 1.00 bits per heavy atom. The monoisotopic (exact) mass is 415 g/mol. The first-order valence-corrected chi connectivity index (χ1v) is 9.85. The Kier molecular flexibility index (Phi) is 4.71. The maximum absolute atomic E-state index is 12.6. The number of fused-ring (bicyclic) bond motifs is 1. The van der Waals surface area contributed by atoms with Gasteiger partial charge in [0.2, 0.25) is 10.1 Å². The van der Waals surface area contributed by atoms with Crippen LogP contribution in [0.3, 0.4) is 0 Å². The Morgan fingerprint density at radius 2 is 1.56 bits per heavy atom. The van der Waals surface area contributed by atoms with E-state index in [-0.39, 0.29) is 16.2 Å². The van der Waals surface area contributed by atoms with Crippen molar-refractivity contribution in [3.63, 3.8) is 0 Å². The highest BCUT2D eigenvalue weighted by atomic mass is 35.5. The molecule has 0 aromatic heterocycles. The lowest BCUT2D eigenvalue weighted by molar-refractivity contribution is 0.0972. The first-order chi connectivity index (χ1) is 11.6. The molecule has 1 aliphatic rings. The first-order valence-electron chi connectivity index (χ1n) is 7.22. The number of nitrogens with zero attached hydrogens (tertiary/aromatic N) is 1. The van der Waals surface area contributed by atoms with E-state index in [9.17, 15) is 13.2 Å². The van der Waals surface area contributed by atoms with Gasteiger partial charge in [0, 0.05) is 11.1 Å². The summed E-state index contributed by atoms with van der Waals surface area (Å²) in [5.41, 5.74) is 1.35. The van der Waals surface area contributed by atoms with Gasteiger partial charge in [-0.1, -0.05) is 65.2 Å². The van der Waals surface area contributed by atoms with Crippen LogP contribution in [0, 0.1) is 6.92 Å². The molecule has 8 heteroatoms. The molecule has 25 heavy (non-hydrogen) atoms. The van der Waals surface area contributed by atoms with Gasteiger partial charge in [0.05, 0.1) is 10.6 Å². The first kappa shape index (κ1) is 18.4. The molecule has 0 saturated heterocycles. The van der Waals surface area contributed by atoms with Crippen LogP contribution in [0.25, 0.3) is 0 Å². The summed E-state index contributed by atoms with van der Waals surface area (Å²) in [6, 6.07) is 12.6. The van der Waals surface area contributed by atoms with Gasteiger partial charge in [-0.05, 0) is 19.1 Å². The van der Waals surface area contributed by atoms with Crippen LogP contribution in [-0.2, 0) is 10.0 Å². The highest BCUT2D eigenvalue weighted by Crippen LogP contribution is 2.41. The van der Waals surface area contributed by atoms with Gasteiger partial charge in [-0.2, -0.15) is 12.8 Å². The topological polar surface area (TPSA) is 63.6 Å². The number of halogens is 3. The van der Waals surface area contributed by atoms with Crippen LogP contribution < -0.4 is 0 Å². The van der Waals surface area contributed by atoms with Gasteiger partial charge >= 0.3 is 0 Å². The quantitative estimate of drug-likeness (QED) is 0.691. The largest absolute Gasteiger partial charge is 0.291 e. The van der Waals surface area contributed by atoms with E-state index in [1.165, 1.54) is 18.2 Å². The number of alkyl halides is 3. The molecule has 2 aromatic rings. The molecule has 4 nitrogen and oxygen atoms in total. The minimum Gasteiger partial charge on any atom is -0.291 e. The van der Waals surface area contributed by atoms with E-state index in [0.717, 1.165) is 5.56 Å². The van der Waals surface area contributed by atoms with Crippen LogP contribution in [0.2, 0.25) is 0 Å². The zero-order valence-electron chi connectivity index (χ0n) is 12.9. The van der Waals surface area contributed by atoms with Crippen LogP contribution in [0.5, 0.6) is 0 Å². The van der Waals surface area contributed by atoms with Gasteiger partial charge in [0.1, 0.15) is 5.38 Å². The predicted molar refractivity (Wildman–Crippen MR) is 99.8 cm³/mol. The van der Waals surface area contributed by atoms with Crippen molar-refractivity contribution < 1.29 is 13.2 Å². The van der Waals surface area contributed by atoms with Gasteiger partial charge in [-0.25, -0.2) is 0 Å². The number of carbonyl (C=O) groups excluding carboxylic acids is 1. The average Bonchev–Trinajstić information content (AvgIpc) is 2.58. The number of hydrogen-bond donors (Lipinski definition) is 0. The summed E-state index contributed by atoms with van der Waals surface area (Å²) >= 11 is 18.4. The fourth-order valence-corrected chi connectivity index (χ4v) is 4.28. The van der Waals surface area contributed by atoms with Crippen molar-refractivity contribution in [2.24, 2.45) is 4.40 Å². The maximum atomic E-state index is 12.6. The predicted octanol–water partition coefficient (Wildman–Crippen LogP) is 4.15. The minimum atomic E-state index is -4.05. The molecule has 0 radical (unpaired) electrons. The van der Waals surface area contributed by atoms with E-state index in [4.69, 9.17) is 34.8 Å². The van der Waals surface area contributed by atoms with Crippen molar-refractivity contribution in [3.8, 4) is 0 Å². The normalized spacial score (nSPS) is 21.2. The minimum absolute atomic E-state index is 0.0126. The zero-order chi connectivity index (χ0) is 18.4. The van der Waals surface area contributed by atoms with Gasteiger partial charge in [-0.15, -0.1) is 11.6 Å². The molecule has 0 spiro atoms. The van der Waals surface area contributed by atoms with Gasteiger partial charge in [0.25, 0.3) is 10.0 Å². The van der Waals surface area contributed by atoms with Crippen molar-refractivity contribution in [2.75, 3.05) is 0 Å². The molecule has 130 valence electrons. The molecule has 0 heterocycles. The lowest BCUT2D eigenvalue weighted by Crippen LogP contribution is -2.46. The molecule has 2 aromatic carbocycles. The highest BCUT2D eigenvalue weighted by molar-refractivity contribution is 7.90. The van der Waals surface area contributed by atoms with Gasteiger partial charge < -0.3 is 0 Å². The molecule has 0 N–H and O–H groups in total. The van der Waals surface area contributed by atoms with Crippen LogP contribution in [0.4, 0.5) is 0 Å². The average molecular weight is 417 g/mol. The van der Waals surface area contributed by atoms with Crippen LogP contribution >= 0.6 is 34.8 Å². The second-order valence-electron chi connectivity index (χ2n) is 5.62. The second kappa shape index (κ2) is 6.40. The van der Waals surface area contributed by atoms with Crippen LogP contribution in [-0.4, -0.2) is 29.6 Å². The Hall–Kier alpha value is -1.40. The Bertz CT molecular complexity index is 982. The molecular weight excluding hydrogens is 405 g/mol. The van der Waals surface area contributed by atoms with Crippen LogP contribution in [0.1, 0.15) is 21.5 Å². The summed E-state index contributed by atoms with van der Waals surface area (Å²) in [6.07, 6.45) is 0. The number of benzene rings is 2. The molecule has 0 fully saturated rings. The van der Waals surface area contributed by atoms with Gasteiger partial charge in [-0.3, -0.25) is 4.79 Å². The zero-order valence-corrected chi connectivity index (χ0v) is 16.0. The van der Waals surface area contributed by atoms with E-state index in [1.54, 1.807) is 30.3 Å². The van der Waals surface area contributed by atoms with E-state index in [2.05, 4.69) is 4.40 Å². The standard InChI is InChI=1S/C17H12Cl3NO3S/c1-10-6-8-11(9-7-10)25(23,24)21-14-12-4-2-3-5-13(12)16(22)17(19,20)15(14)18/h2-9,15H,1H3. The van der Waals surface area contributed by atoms with Crippen molar-refractivity contribution in [3.05, 3.63) is 65.2 Å². The van der Waals surface area contributed by atoms with Crippen molar-refractivity contribution in [1.29, 1.82) is 0 Å². The third-order valence-electron chi connectivity index (χ3n) is 3.85. The summed E-state index contributed by atoms with van der Waals surface area (Å²) in [5, 5.41) is -1.31. The van der Waals surface area contributed by atoms with E-state index in [0.29, 0.717) is 5.56 Å². The molecule has 3 rings (SSSR count). The SMILES string of the molecule is Cc1ccc(S(=O)(=O)N=C2c3ccccc3C(=O)C(Cl)(Cl)C2Cl)cc1. The molecule has 0 amide bonds. The summed E-state index contributed by atoms with van der Waals surface area (Å²) in [6.45, 7) is 1.84. The number of hydrogen-bond acceptors (Lipinski definition) is 3. The van der Waals surface area contributed by atoms with Crippen molar-refractivity contribution >= 4 is 56.3 Å². The third-order valence-corrected chi connectivity index (χ3v) is 6.69. The number of Topliss-reactive ketones (excluding diaryl/α,β-unsaturated/α-hetero) is 1. The number of rotatable bonds is 2. The molecular formula is C17H12Cl3NO3S. The fraction of sp³-hybridized carbons (Fsp3) is 0.176. The number of sulfonamides is 1. The lowest BCUT2D eigenvalue weighted by atomic mass is 9.88. The Balaban J connectivity index is 2.21. The molecule has 0 aliphatic heterocycles. The summed E-state index contributed by atoms with van der Waals surface area (Å²) in [7, 11) is -4.05. The van der Waals surface area contributed by atoms with Gasteiger partial charge in [0.15, 0.2) is 0 Å². The molecule has 1 unspecified atom stereocenters. The van der Waals surface area contributed by atoms with E-state index >= 15 is 0 Å². The lowest BCUT2D eigenvalue weighted by Gasteiger charge is -2.31. The van der Waals surface area contributed by atoms with E-state index in [1.807, 2.05) is 6.92 Å². The summed E-state index contributed by atoms with van der Waals surface area (Å²) in [4.78, 5) is 12.4. The smallest absolute Gasteiger partial charge is 0.282 e. The van der Waals surface area contributed by atoms with Crippen LogP contribution in [0.15, 0.2) is 57.8 Å². The highest BCUT2D eigenvalue weighted by Gasteiger charge is 2.50. The summed E-state index contributed by atoms with van der Waals surface area (Å²) < 4.78 is 27.1. The van der Waals surface area contributed by atoms with Crippen molar-refractivity contribution in [1.82, 2.24) is 0 Å². The molecule has 0 saturated carbocycles. The maximum Gasteiger partial charge on any atom is 0.282 e. The number of ketones is 1. The summed E-state index contributed by atoms with van der Waals surface area (Å²) in [5.74, 6) is -0.585. The molecule has 1 aliphatic carbocycles. The number of aryl methyl sites for hydroxylation is 1. The second-order valence-corrected chi connectivity index (χ2v) is 9.05. The molecule has 1 atom stereocenters. The Labute approximate surface area is 160 Å². The van der Waals surface area contributed by atoms with Crippen molar-refractivity contribution in [2.45, 2.75) is 21.5 Å². The number of carbonyl (C=O) groups is 1. The Morgan fingerprint density at radius 3 is 2.16 bits per heavy atom. The fourth-order valence-electron chi connectivity index (χ4n) is 2.50. The molecule has 0 bridgehead atoms.